The number of Topliss-reactive ketones (excluding diaryl/α,β-unsaturated/α-hetero) is 6. The van der Waals surface area contributed by atoms with Crippen LogP contribution in [0.1, 0.15) is 123 Å². The van der Waals surface area contributed by atoms with E-state index in [1.165, 1.54) is 0 Å². The fourth-order valence-corrected chi connectivity index (χ4v) is 2.19. The molecule has 258 valence electrons. The maximum atomic E-state index is 11.5. The van der Waals surface area contributed by atoms with Gasteiger partial charge in [0.1, 0.15) is 34.7 Å². The fourth-order valence-electron chi connectivity index (χ4n) is 2.19. The summed E-state index contributed by atoms with van der Waals surface area (Å²) < 4.78 is 0. The molecular weight excluding hydrogens is 708 g/mol. The second kappa shape index (κ2) is 19.0. The first-order valence-electron chi connectivity index (χ1n) is 14.3. The number of carbonyl (C=O) groups excluding carboxylic acids is 6. The van der Waals surface area contributed by atoms with Gasteiger partial charge < -0.3 is 15.3 Å². The standard InChI is InChI=1S/3C11H19O3.Er/c3*1-10(2,3)8(13)6-9(14)11(4,5)7-12;/h3*6-7H2,1-5H3;/q3*-1;. The molecule has 0 aliphatic heterocycles. The van der Waals surface area contributed by atoms with E-state index in [4.69, 9.17) is 0 Å². The molecule has 0 spiro atoms. The maximum Gasteiger partial charge on any atom is 0.145 e. The van der Waals surface area contributed by atoms with Gasteiger partial charge in [-0.3, -0.25) is 28.8 Å². The van der Waals surface area contributed by atoms with Crippen molar-refractivity contribution in [1.29, 1.82) is 0 Å². The molecule has 43 heavy (non-hydrogen) atoms. The first kappa shape index (κ1) is 49.0. The molecule has 0 bridgehead atoms. The fraction of sp³-hybridized carbons (Fsp3) is 0.818. The van der Waals surface area contributed by atoms with E-state index in [1.54, 1.807) is 104 Å². The van der Waals surface area contributed by atoms with E-state index < -0.39 is 52.3 Å². The molecule has 9 nitrogen and oxygen atoms in total. The van der Waals surface area contributed by atoms with Gasteiger partial charge in [-0.05, 0) is 0 Å². The minimum atomic E-state index is -0.916. The summed E-state index contributed by atoms with van der Waals surface area (Å²) in [6, 6.07) is 0. The van der Waals surface area contributed by atoms with Gasteiger partial charge in [0, 0.05) is 69.8 Å². The molecule has 0 unspecified atom stereocenters. The van der Waals surface area contributed by atoms with Crippen molar-refractivity contribution in [3.8, 4) is 0 Å². The minimum absolute atomic E-state index is 0. The van der Waals surface area contributed by atoms with Gasteiger partial charge in [-0.25, -0.2) is 0 Å². The van der Waals surface area contributed by atoms with Gasteiger partial charge in [-0.1, -0.05) is 104 Å². The Morgan fingerprint density at radius 1 is 0.349 bits per heavy atom. The largest absolute Gasteiger partial charge is 0.854 e. The number of carbonyl (C=O) groups is 6. The molecule has 0 heterocycles. The van der Waals surface area contributed by atoms with Crippen molar-refractivity contribution >= 4 is 34.7 Å². The van der Waals surface area contributed by atoms with E-state index in [0.29, 0.717) is 0 Å². The molecular formula is C33H57ErO9-3. The van der Waals surface area contributed by atoms with Gasteiger partial charge in [-0.2, -0.15) is 0 Å². The summed E-state index contributed by atoms with van der Waals surface area (Å²) >= 11 is 0. The summed E-state index contributed by atoms with van der Waals surface area (Å²) in [7, 11) is 0. The molecule has 0 aliphatic rings. The van der Waals surface area contributed by atoms with Crippen LogP contribution in [0.25, 0.3) is 0 Å². The van der Waals surface area contributed by atoms with E-state index >= 15 is 0 Å². The second-order valence-electron chi connectivity index (χ2n) is 15.9. The monoisotopic (exact) mass is 763 g/mol. The third kappa shape index (κ3) is 20.0. The Morgan fingerprint density at radius 3 is 0.581 bits per heavy atom. The number of hydrogen-bond acceptors (Lipinski definition) is 9. The van der Waals surface area contributed by atoms with Crippen LogP contribution in [-0.4, -0.2) is 54.5 Å². The molecule has 0 saturated carbocycles. The summed E-state index contributed by atoms with van der Waals surface area (Å²) in [4.78, 5) is 69.1. The van der Waals surface area contributed by atoms with Crippen molar-refractivity contribution in [2.24, 2.45) is 32.5 Å². The second-order valence-corrected chi connectivity index (χ2v) is 15.9. The van der Waals surface area contributed by atoms with E-state index in [9.17, 15) is 44.1 Å². The zero-order chi connectivity index (χ0) is 34.7. The Labute approximate surface area is 289 Å². The Bertz CT molecular complexity index is 831. The number of ketones is 6. The third-order valence-corrected chi connectivity index (χ3v) is 6.82. The van der Waals surface area contributed by atoms with Crippen molar-refractivity contribution in [3.05, 3.63) is 0 Å². The molecule has 0 radical (unpaired) electrons. The van der Waals surface area contributed by atoms with Crippen LogP contribution in [0.3, 0.4) is 0 Å². The molecule has 0 saturated heterocycles. The molecule has 0 aliphatic carbocycles. The van der Waals surface area contributed by atoms with Gasteiger partial charge in [0.05, 0.1) is 19.3 Å². The smallest absolute Gasteiger partial charge is 0.145 e. The molecule has 10 heteroatoms. The molecule has 0 amide bonds. The normalized spacial score (nSPS) is 12.4. The summed E-state index contributed by atoms with van der Waals surface area (Å²) in [5, 5.41) is 32.1. The van der Waals surface area contributed by atoms with Crippen LogP contribution in [-0.2, 0) is 28.8 Å². The predicted molar refractivity (Wildman–Crippen MR) is 158 cm³/mol. The Balaban J connectivity index is -0.000000262. The van der Waals surface area contributed by atoms with Crippen molar-refractivity contribution in [3.63, 3.8) is 0 Å². The van der Waals surface area contributed by atoms with Crippen molar-refractivity contribution in [1.82, 2.24) is 0 Å². The molecule has 0 fully saturated rings. The molecule has 0 aromatic rings. The molecule has 0 N–H and O–H groups in total. The average molecular weight is 765 g/mol. The first-order chi connectivity index (χ1) is 18.3. The van der Waals surface area contributed by atoms with Crippen molar-refractivity contribution in [2.75, 3.05) is 19.8 Å². The topological polar surface area (TPSA) is 172 Å². The summed E-state index contributed by atoms with van der Waals surface area (Å²) in [6.45, 7) is 24.0. The van der Waals surface area contributed by atoms with Crippen LogP contribution in [0.5, 0.6) is 0 Å². The van der Waals surface area contributed by atoms with Crippen LogP contribution in [0.15, 0.2) is 0 Å². The van der Waals surface area contributed by atoms with Gasteiger partial charge in [0.25, 0.3) is 0 Å². The maximum absolute atomic E-state index is 11.5. The zero-order valence-electron chi connectivity index (χ0n) is 29.2. The Kier molecular flexibility index (Phi) is 21.6. The minimum Gasteiger partial charge on any atom is -0.854 e. The van der Waals surface area contributed by atoms with Crippen molar-refractivity contribution in [2.45, 2.75) is 123 Å². The third-order valence-electron chi connectivity index (χ3n) is 6.82. The van der Waals surface area contributed by atoms with Gasteiger partial charge in [-0.15, -0.1) is 19.8 Å². The molecule has 0 atom stereocenters. The quantitative estimate of drug-likeness (QED) is 0.271. The first-order valence-corrected chi connectivity index (χ1v) is 14.3. The average Bonchev–Trinajstić information content (AvgIpc) is 2.82. The van der Waals surface area contributed by atoms with Crippen LogP contribution in [0.4, 0.5) is 0 Å². The van der Waals surface area contributed by atoms with Gasteiger partial charge >= 0.3 is 0 Å². The molecule has 0 aromatic carbocycles. The van der Waals surface area contributed by atoms with E-state index in [0.717, 1.165) is 0 Å². The predicted octanol–water partition coefficient (Wildman–Crippen LogP) is 2.84. The number of hydrogen-bond donors (Lipinski definition) is 0. The van der Waals surface area contributed by atoms with Crippen LogP contribution in [0, 0.1) is 69.8 Å². The summed E-state index contributed by atoms with van der Waals surface area (Å²) in [5.74, 6) is -1.09. The molecule has 0 aromatic heterocycles. The van der Waals surface area contributed by atoms with E-state index in [-0.39, 0.29) is 91.3 Å². The summed E-state index contributed by atoms with van der Waals surface area (Å²) in [6.07, 6.45) is -0.379. The Hall–Kier alpha value is -0.853. The summed E-state index contributed by atoms with van der Waals surface area (Å²) in [5.41, 5.74) is -4.26. The van der Waals surface area contributed by atoms with E-state index in [1.807, 2.05) is 0 Å². The van der Waals surface area contributed by atoms with Crippen LogP contribution in [0.2, 0.25) is 0 Å². The van der Waals surface area contributed by atoms with Crippen LogP contribution < -0.4 is 15.3 Å². The van der Waals surface area contributed by atoms with E-state index in [2.05, 4.69) is 0 Å². The Morgan fingerprint density at radius 2 is 0.488 bits per heavy atom. The van der Waals surface area contributed by atoms with Crippen molar-refractivity contribution < 1.29 is 81.4 Å². The SMILES string of the molecule is CC(C)(C)C(=O)CC(=O)C(C)(C)C[O-].CC(C)(C)C(=O)CC(=O)C(C)(C)C[O-].CC(C)(C)C(=O)CC(=O)C(C)(C)C[O-].[Er]. The number of rotatable bonds is 12. The van der Waals surface area contributed by atoms with Gasteiger partial charge in [0.2, 0.25) is 0 Å². The zero-order valence-corrected chi connectivity index (χ0v) is 31.1. The molecule has 0 rings (SSSR count). The van der Waals surface area contributed by atoms with Crippen LogP contribution >= 0.6 is 0 Å². The van der Waals surface area contributed by atoms with Gasteiger partial charge in [0.15, 0.2) is 0 Å².